The van der Waals surface area contributed by atoms with Crippen molar-refractivity contribution in [3.05, 3.63) is 70.0 Å². The Morgan fingerprint density at radius 1 is 1.25 bits per heavy atom. The number of aromatic nitrogens is 3. The number of nitrogens with zero attached hydrogens (tertiary/aromatic N) is 2. The summed E-state index contributed by atoms with van der Waals surface area (Å²) in [6.45, 7) is 1.99. The number of amides is 1. The smallest absolute Gasteiger partial charge is 0.255 e. The van der Waals surface area contributed by atoms with Crippen LogP contribution in [-0.2, 0) is 5.75 Å². The first-order valence-corrected chi connectivity index (χ1v) is 9.04. The molecule has 1 amide bonds. The average Bonchev–Trinajstić information content (AvgIpc) is 3.10. The second-order valence-electron chi connectivity index (χ2n) is 5.19. The number of hydrogen-bond donors (Lipinski definition) is 2. The number of nitrogens with one attached hydrogen (secondary N) is 2. The standard InChI is InChI=1S/C17H15BrN4OS/c1-11-8-14(6-7-15(11)18)21-16(23)13-4-2-12(3-5-13)9-24-17-19-10-20-22-17/h2-8,10H,9H2,1H3,(H,21,23)(H,19,20,22). The molecule has 122 valence electrons. The molecule has 5 nitrogen and oxygen atoms in total. The summed E-state index contributed by atoms with van der Waals surface area (Å²) in [6.07, 6.45) is 1.49. The molecule has 0 saturated heterocycles. The fourth-order valence-corrected chi connectivity index (χ4v) is 3.07. The molecule has 3 aromatic rings. The second kappa shape index (κ2) is 7.63. The highest BCUT2D eigenvalue weighted by molar-refractivity contribution is 9.10. The van der Waals surface area contributed by atoms with E-state index in [0.717, 1.165) is 32.2 Å². The fourth-order valence-electron chi connectivity index (χ4n) is 2.09. The molecule has 0 atom stereocenters. The van der Waals surface area contributed by atoms with Crippen molar-refractivity contribution >= 4 is 39.3 Å². The number of aryl methyl sites for hydroxylation is 1. The first kappa shape index (κ1) is 16.7. The second-order valence-corrected chi connectivity index (χ2v) is 7.01. The molecule has 0 spiro atoms. The third-order valence-electron chi connectivity index (χ3n) is 3.40. The minimum absolute atomic E-state index is 0.119. The van der Waals surface area contributed by atoms with Crippen LogP contribution in [0.1, 0.15) is 21.5 Å². The predicted molar refractivity (Wildman–Crippen MR) is 99.2 cm³/mol. The first-order chi connectivity index (χ1) is 11.6. The lowest BCUT2D eigenvalue weighted by molar-refractivity contribution is 0.102. The zero-order valence-corrected chi connectivity index (χ0v) is 15.3. The molecule has 2 N–H and O–H groups in total. The molecule has 0 saturated carbocycles. The van der Waals surface area contributed by atoms with Gasteiger partial charge in [0, 0.05) is 21.5 Å². The Morgan fingerprint density at radius 3 is 2.71 bits per heavy atom. The van der Waals surface area contributed by atoms with E-state index in [1.54, 1.807) is 11.8 Å². The van der Waals surface area contributed by atoms with Crippen LogP contribution in [0.25, 0.3) is 0 Å². The molecular weight excluding hydrogens is 388 g/mol. The number of rotatable bonds is 5. The summed E-state index contributed by atoms with van der Waals surface area (Å²) in [5, 5.41) is 10.3. The molecule has 1 heterocycles. The van der Waals surface area contributed by atoms with Crippen molar-refractivity contribution in [2.24, 2.45) is 0 Å². The number of aromatic amines is 1. The molecule has 0 unspecified atom stereocenters. The van der Waals surface area contributed by atoms with E-state index in [1.165, 1.54) is 6.33 Å². The Hall–Kier alpha value is -2.12. The molecular formula is C17H15BrN4OS. The van der Waals surface area contributed by atoms with Crippen molar-refractivity contribution in [3.8, 4) is 0 Å². The van der Waals surface area contributed by atoms with Gasteiger partial charge in [-0.25, -0.2) is 4.98 Å². The molecule has 3 rings (SSSR count). The highest BCUT2D eigenvalue weighted by atomic mass is 79.9. The van der Waals surface area contributed by atoms with Crippen molar-refractivity contribution < 1.29 is 4.79 Å². The minimum Gasteiger partial charge on any atom is -0.322 e. The van der Waals surface area contributed by atoms with Crippen LogP contribution in [0.2, 0.25) is 0 Å². The third-order valence-corrected chi connectivity index (χ3v) is 5.24. The zero-order chi connectivity index (χ0) is 16.9. The summed E-state index contributed by atoms with van der Waals surface area (Å²) in [4.78, 5) is 16.4. The van der Waals surface area contributed by atoms with Crippen LogP contribution >= 0.6 is 27.7 Å². The fraction of sp³-hybridized carbons (Fsp3) is 0.118. The van der Waals surface area contributed by atoms with Gasteiger partial charge in [-0.2, -0.15) is 5.10 Å². The highest BCUT2D eigenvalue weighted by Gasteiger charge is 2.07. The van der Waals surface area contributed by atoms with Crippen LogP contribution in [0.15, 0.2) is 58.4 Å². The van der Waals surface area contributed by atoms with Gasteiger partial charge in [0.2, 0.25) is 0 Å². The van der Waals surface area contributed by atoms with E-state index in [0.29, 0.717) is 5.56 Å². The van der Waals surface area contributed by atoms with Crippen LogP contribution < -0.4 is 5.32 Å². The number of carbonyl (C=O) groups is 1. The topological polar surface area (TPSA) is 70.7 Å². The van der Waals surface area contributed by atoms with Gasteiger partial charge < -0.3 is 5.32 Å². The Bertz CT molecular complexity index is 834. The van der Waals surface area contributed by atoms with Crippen molar-refractivity contribution in [2.45, 2.75) is 17.8 Å². The van der Waals surface area contributed by atoms with Gasteiger partial charge in [0.05, 0.1) is 0 Å². The first-order valence-electron chi connectivity index (χ1n) is 7.26. The molecule has 7 heteroatoms. The number of benzene rings is 2. The van der Waals surface area contributed by atoms with E-state index in [4.69, 9.17) is 0 Å². The van der Waals surface area contributed by atoms with E-state index in [9.17, 15) is 4.79 Å². The van der Waals surface area contributed by atoms with Crippen LogP contribution in [-0.4, -0.2) is 21.1 Å². The Balaban J connectivity index is 1.61. The van der Waals surface area contributed by atoms with Crippen molar-refractivity contribution in [1.82, 2.24) is 15.2 Å². The molecule has 1 aromatic heterocycles. The van der Waals surface area contributed by atoms with E-state index < -0.39 is 0 Å². The number of carbonyl (C=O) groups excluding carboxylic acids is 1. The van der Waals surface area contributed by atoms with Gasteiger partial charge in [-0.3, -0.25) is 9.89 Å². The lowest BCUT2D eigenvalue weighted by atomic mass is 10.1. The van der Waals surface area contributed by atoms with Gasteiger partial charge >= 0.3 is 0 Å². The van der Waals surface area contributed by atoms with Gasteiger partial charge in [0.25, 0.3) is 5.91 Å². The summed E-state index contributed by atoms with van der Waals surface area (Å²) < 4.78 is 1.02. The number of H-pyrrole nitrogens is 1. The van der Waals surface area contributed by atoms with Crippen LogP contribution in [0.4, 0.5) is 5.69 Å². The maximum Gasteiger partial charge on any atom is 0.255 e. The number of hydrogen-bond acceptors (Lipinski definition) is 4. The maximum absolute atomic E-state index is 12.3. The normalized spacial score (nSPS) is 10.6. The van der Waals surface area contributed by atoms with Gasteiger partial charge in [-0.15, -0.1) is 0 Å². The summed E-state index contributed by atoms with van der Waals surface area (Å²) in [5.41, 5.74) is 3.61. The number of halogens is 1. The molecule has 0 aliphatic rings. The lowest BCUT2D eigenvalue weighted by Crippen LogP contribution is -2.11. The zero-order valence-electron chi connectivity index (χ0n) is 12.9. The van der Waals surface area contributed by atoms with Gasteiger partial charge in [0.1, 0.15) is 6.33 Å². The van der Waals surface area contributed by atoms with Crippen molar-refractivity contribution in [3.63, 3.8) is 0 Å². The maximum atomic E-state index is 12.3. The monoisotopic (exact) mass is 402 g/mol. The molecule has 0 bridgehead atoms. The average molecular weight is 403 g/mol. The van der Waals surface area contributed by atoms with E-state index in [-0.39, 0.29) is 5.91 Å². The van der Waals surface area contributed by atoms with E-state index in [2.05, 4.69) is 36.4 Å². The van der Waals surface area contributed by atoms with Crippen molar-refractivity contribution in [1.29, 1.82) is 0 Å². The van der Waals surface area contributed by atoms with Gasteiger partial charge in [0.15, 0.2) is 5.16 Å². The molecule has 0 radical (unpaired) electrons. The Morgan fingerprint density at radius 2 is 2.04 bits per heavy atom. The van der Waals surface area contributed by atoms with E-state index in [1.807, 2.05) is 49.4 Å². The highest BCUT2D eigenvalue weighted by Crippen LogP contribution is 2.21. The van der Waals surface area contributed by atoms with Crippen LogP contribution in [0, 0.1) is 6.92 Å². The summed E-state index contributed by atoms with van der Waals surface area (Å²) >= 11 is 5.02. The summed E-state index contributed by atoms with van der Waals surface area (Å²) in [5.74, 6) is 0.648. The summed E-state index contributed by atoms with van der Waals surface area (Å²) in [6, 6.07) is 13.3. The van der Waals surface area contributed by atoms with Crippen LogP contribution in [0.5, 0.6) is 0 Å². The lowest BCUT2D eigenvalue weighted by Gasteiger charge is -2.08. The number of anilines is 1. The molecule has 24 heavy (non-hydrogen) atoms. The minimum atomic E-state index is -0.119. The van der Waals surface area contributed by atoms with E-state index >= 15 is 0 Å². The molecule has 2 aromatic carbocycles. The SMILES string of the molecule is Cc1cc(NC(=O)c2ccc(CSc3ncn[nH]3)cc2)ccc1Br. The molecule has 0 fully saturated rings. The van der Waals surface area contributed by atoms with Gasteiger partial charge in [-0.1, -0.05) is 39.8 Å². The predicted octanol–water partition coefficient (Wildman–Crippen LogP) is 4.42. The summed E-state index contributed by atoms with van der Waals surface area (Å²) in [7, 11) is 0. The molecule has 0 aliphatic carbocycles. The number of thioether (sulfide) groups is 1. The van der Waals surface area contributed by atoms with Gasteiger partial charge in [-0.05, 0) is 48.4 Å². The quantitative estimate of drug-likeness (QED) is 0.619. The largest absolute Gasteiger partial charge is 0.322 e. The third kappa shape index (κ3) is 4.24. The Labute approximate surface area is 152 Å². The van der Waals surface area contributed by atoms with Crippen LogP contribution in [0.3, 0.4) is 0 Å². The van der Waals surface area contributed by atoms with Crippen molar-refractivity contribution in [2.75, 3.05) is 5.32 Å². The molecule has 0 aliphatic heterocycles. The Kier molecular flexibility index (Phi) is 5.32.